The van der Waals surface area contributed by atoms with Gasteiger partial charge in [-0.2, -0.15) is 0 Å². The molecule has 3 rings (SSSR count). The van der Waals surface area contributed by atoms with E-state index < -0.39 is 98.3 Å². The molecule has 1 aromatic carbocycles. The van der Waals surface area contributed by atoms with E-state index in [-0.39, 0.29) is 4.90 Å². The molecule has 2 heterocycles. The highest BCUT2D eigenvalue weighted by molar-refractivity contribution is 5.70. The lowest BCUT2D eigenvalue weighted by Crippen LogP contribution is -2.44. The average Bonchev–Trinajstić information content (AvgIpc) is 3.00. The van der Waals surface area contributed by atoms with Gasteiger partial charge < -0.3 is 20.3 Å². The summed E-state index contributed by atoms with van der Waals surface area (Å²) in [7, 11) is 0. The number of rotatable bonds is 1. The van der Waals surface area contributed by atoms with Crippen molar-refractivity contribution in [1.29, 1.82) is 0 Å². The molecule has 4 heteroatoms. The van der Waals surface area contributed by atoms with Gasteiger partial charge in [0.1, 0.15) is 11.4 Å². The number of fused-ring (bicyclic) bond motifs is 1. The van der Waals surface area contributed by atoms with Crippen LogP contribution in [0, 0.1) is 0 Å². The summed E-state index contributed by atoms with van der Waals surface area (Å²) in [6, 6.07) is -2.18. The van der Waals surface area contributed by atoms with Gasteiger partial charge in [0.05, 0.1) is 13.9 Å². The van der Waals surface area contributed by atoms with E-state index >= 15 is 0 Å². The summed E-state index contributed by atoms with van der Waals surface area (Å²) in [6.07, 6.45) is -2.48. The summed E-state index contributed by atoms with van der Waals surface area (Å²) in [4.78, 5) is -0.986. The van der Waals surface area contributed by atoms with Crippen LogP contribution < -0.4 is 15.4 Å². The molecule has 1 fully saturated rings. The van der Waals surface area contributed by atoms with Gasteiger partial charge in [0, 0.05) is 62.8 Å². The predicted molar refractivity (Wildman–Crippen MR) is 79.0 cm³/mol. The summed E-state index contributed by atoms with van der Waals surface area (Å²) >= 11 is 0. The molecule has 0 amide bonds. The normalized spacial score (nSPS) is 54.1. The molecule has 104 valence electrons. The van der Waals surface area contributed by atoms with Gasteiger partial charge in [0.25, 0.3) is 0 Å². The van der Waals surface area contributed by atoms with E-state index in [1.807, 2.05) is 0 Å². The highest BCUT2D eigenvalue weighted by Crippen LogP contribution is 2.43. The Hall–Kier alpha value is -1.42. The first kappa shape index (κ1) is 3.08. The maximum absolute atomic E-state index is 8.50. The summed E-state index contributed by atoms with van der Waals surface area (Å²) in [5.74, 6) is -1.19. The fourth-order valence-electron chi connectivity index (χ4n) is 1.67. The summed E-state index contributed by atoms with van der Waals surface area (Å²) in [5, 5.41) is 0. The molecule has 19 heavy (non-hydrogen) atoms. The Morgan fingerprint density at radius 2 is 2.16 bits per heavy atom. The molecule has 1 saturated heterocycles. The van der Waals surface area contributed by atoms with E-state index in [1.165, 1.54) is 0 Å². The van der Waals surface area contributed by atoms with E-state index in [0.717, 1.165) is 0 Å². The van der Waals surface area contributed by atoms with Crippen molar-refractivity contribution < 1.29 is 32.2 Å². The maximum Gasteiger partial charge on any atom is 0.146 e. The van der Waals surface area contributed by atoms with Crippen LogP contribution in [-0.2, 0) is 6.40 Å². The third-order valence-electron chi connectivity index (χ3n) is 2.36. The van der Waals surface area contributed by atoms with Crippen molar-refractivity contribution in [2.24, 2.45) is 0 Å². The molecule has 2 aliphatic rings. The number of anilines is 2. The number of piperazine rings is 1. The van der Waals surface area contributed by atoms with Gasteiger partial charge in [-0.15, -0.1) is 0 Å². The smallest absolute Gasteiger partial charge is 0.146 e. The second-order valence-electron chi connectivity index (χ2n) is 3.86. The average molecular weight is 281 g/mol. The van der Waals surface area contributed by atoms with Gasteiger partial charge in [-0.1, -0.05) is 0 Å². The van der Waals surface area contributed by atoms with Crippen LogP contribution in [0.4, 0.5) is 11.4 Å². The Morgan fingerprint density at radius 1 is 1.37 bits per heavy atom. The first-order valence-electron chi connectivity index (χ1n) is 15.2. The number of nitrogens with zero attached hydrogens (tertiary/aromatic N) is 2. The van der Waals surface area contributed by atoms with Crippen LogP contribution in [0.1, 0.15) is 46.7 Å². The molecule has 1 unspecified atom stereocenters. The number of hydrogen-bond donors (Lipinski definition) is 1. The van der Waals surface area contributed by atoms with E-state index in [9.17, 15) is 0 Å². The van der Waals surface area contributed by atoms with Gasteiger partial charge >= 0.3 is 0 Å². The van der Waals surface area contributed by atoms with Gasteiger partial charge in [0.2, 0.25) is 0 Å². The minimum absolute atomic E-state index is 0.346. The molecule has 0 bridgehead atoms. The number of nitrogens with two attached hydrogens (primary N) is 1. The van der Waals surface area contributed by atoms with Crippen LogP contribution in [0.25, 0.3) is 0 Å². The van der Waals surface area contributed by atoms with Crippen LogP contribution in [0.3, 0.4) is 0 Å². The van der Waals surface area contributed by atoms with Crippen molar-refractivity contribution in [3.8, 4) is 5.75 Å². The Balaban J connectivity index is 2.53. The van der Waals surface area contributed by atoms with Crippen LogP contribution >= 0.6 is 0 Å². The van der Waals surface area contributed by atoms with Gasteiger partial charge in [0.15, 0.2) is 0 Å². The monoisotopic (exact) mass is 281 g/mol. The minimum atomic E-state index is -3.91. The lowest BCUT2D eigenvalue weighted by atomic mass is 10.0. The topological polar surface area (TPSA) is 41.7 Å². The molecule has 0 spiro atoms. The Morgan fingerprint density at radius 3 is 2.84 bits per heavy atom. The Labute approximate surface area is 143 Å². The zero-order chi connectivity index (χ0) is 30.9. The standard InChI is InChI=1S/C15H23N3O/c1-15(2)10-11-8-12(16)9-13(14(11)19-15)18-6-4-17(3)5-7-18/h8-9H,4-7,10,16H2,1-3H3/i1D3,2D3,3D3,4D2,5D2,6D2,7D2,8D,9D,10D. The second-order valence-corrected chi connectivity index (χ2v) is 3.86. The molecule has 0 saturated carbocycles. The maximum atomic E-state index is 8.50. The molecule has 2 N–H and O–H groups in total. The van der Waals surface area contributed by atoms with E-state index in [2.05, 4.69) is 0 Å². The highest BCUT2D eigenvalue weighted by atomic mass is 16.5. The molecule has 0 aliphatic carbocycles. The first-order chi connectivity index (χ1) is 17.0. The SMILES string of the molecule is [2H]c1c(N)c([2H])c(N2C([2H])([2H])C([2H])([2H])N(C([2H])([2H])[2H])C([2H])([2H])C2([2H])[2H])c2c1C([2H])C(C([2H])([2H])[2H])(C([2H])([2H])[2H])O2. The predicted octanol–water partition coefficient (Wildman–Crippen LogP) is 1.73. The quantitative estimate of drug-likeness (QED) is 0.796. The summed E-state index contributed by atoms with van der Waals surface area (Å²) in [6.45, 7) is -26.7. The molecule has 2 aliphatic heterocycles. The van der Waals surface area contributed by atoms with Crippen LogP contribution in [-0.4, -0.2) is 43.5 Å². The van der Waals surface area contributed by atoms with Crippen LogP contribution in [0.15, 0.2) is 12.1 Å². The number of nitrogen functional groups attached to an aromatic ring is 1. The minimum Gasteiger partial charge on any atom is -0.485 e. The molecule has 0 aromatic heterocycles. The van der Waals surface area contributed by atoms with Crippen molar-refractivity contribution in [3.05, 3.63) is 17.6 Å². The molecule has 1 atom stereocenters. The van der Waals surface area contributed by atoms with E-state index in [0.29, 0.717) is 0 Å². The van der Waals surface area contributed by atoms with Crippen LogP contribution in [0.5, 0.6) is 5.75 Å². The van der Waals surface area contributed by atoms with Crippen molar-refractivity contribution in [1.82, 2.24) is 4.90 Å². The Bertz CT molecular complexity index is 1140. The van der Waals surface area contributed by atoms with E-state index in [1.54, 1.807) is 0 Å². The fraction of sp³-hybridized carbons (Fsp3) is 0.600. The zero-order valence-corrected chi connectivity index (χ0v) is 9.46. The van der Waals surface area contributed by atoms with Gasteiger partial charge in [-0.3, -0.25) is 0 Å². The lowest BCUT2D eigenvalue weighted by molar-refractivity contribution is 0.138. The summed E-state index contributed by atoms with van der Waals surface area (Å²) in [5.41, 5.74) is -0.822. The largest absolute Gasteiger partial charge is 0.485 e. The third kappa shape index (κ3) is 2.37. The molecule has 1 aromatic rings. The number of ether oxygens (including phenoxy) is 1. The fourth-order valence-corrected chi connectivity index (χ4v) is 1.67. The number of benzene rings is 1. The van der Waals surface area contributed by atoms with Gasteiger partial charge in [-0.25, -0.2) is 0 Å². The highest BCUT2D eigenvalue weighted by Gasteiger charge is 2.33. The zero-order valence-electron chi connectivity index (χ0n) is 29.5. The first-order valence-corrected chi connectivity index (χ1v) is 5.12. The van der Waals surface area contributed by atoms with E-state index in [4.69, 9.17) is 37.9 Å². The lowest BCUT2D eigenvalue weighted by Gasteiger charge is -2.35. The summed E-state index contributed by atoms with van der Waals surface area (Å²) < 4.78 is 167. The molecular formula is C15H23N3O. The van der Waals surface area contributed by atoms with Crippen LogP contribution in [0.2, 0.25) is 0 Å². The van der Waals surface area contributed by atoms with Gasteiger partial charge in [-0.05, 0) is 32.8 Å². The van der Waals surface area contributed by atoms with Crippen molar-refractivity contribution in [2.75, 3.05) is 43.6 Å². The third-order valence-corrected chi connectivity index (χ3v) is 2.36. The van der Waals surface area contributed by atoms with Crippen molar-refractivity contribution in [3.63, 3.8) is 0 Å². The molecule has 0 radical (unpaired) electrons. The van der Waals surface area contributed by atoms with Crippen molar-refractivity contribution in [2.45, 2.75) is 25.7 Å². The number of hydrogen-bond acceptors (Lipinski definition) is 4. The number of likely N-dealkylation sites (N-methyl/N-ethyl adjacent to an activating group) is 1. The second kappa shape index (κ2) is 4.30. The van der Waals surface area contributed by atoms with Crippen molar-refractivity contribution >= 4 is 11.4 Å². The molecular weight excluding hydrogens is 238 g/mol. The molecule has 4 nitrogen and oxygen atoms in total. The Kier molecular flexibility index (Phi) is 0.699.